The van der Waals surface area contributed by atoms with E-state index in [0.29, 0.717) is 5.02 Å². The Hall–Kier alpha value is -1.81. The van der Waals surface area contributed by atoms with Crippen LogP contribution >= 0.6 is 11.6 Å². The molecule has 118 valence electrons. The first-order valence-electron chi connectivity index (χ1n) is 7.53. The average molecular weight is 322 g/mol. The van der Waals surface area contributed by atoms with Crippen molar-refractivity contribution in [1.29, 1.82) is 0 Å². The molecular weight excluding hydrogens is 302 g/mol. The number of carbonyl (C=O) groups excluding carboxylic acids is 2. The van der Waals surface area contributed by atoms with E-state index in [1.54, 1.807) is 24.3 Å². The Kier molecular flexibility index (Phi) is 6.46. The van der Waals surface area contributed by atoms with Crippen molar-refractivity contribution < 1.29 is 14.3 Å². The minimum Gasteiger partial charge on any atom is -0.452 e. The van der Waals surface area contributed by atoms with E-state index in [1.807, 2.05) is 6.07 Å². The molecule has 1 aliphatic rings. The number of ether oxygens (including phenoxy) is 1. The van der Waals surface area contributed by atoms with Gasteiger partial charge in [-0.3, -0.25) is 4.79 Å². The second-order valence-electron chi connectivity index (χ2n) is 5.40. The van der Waals surface area contributed by atoms with Gasteiger partial charge >= 0.3 is 5.97 Å². The predicted molar refractivity (Wildman–Crippen MR) is 86.5 cm³/mol. The molecule has 1 N–H and O–H groups in total. The summed E-state index contributed by atoms with van der Waals surface area (Å²) >= 11 is 5.85. The lowest BCUT2D eigenvalue weighted by Gasteiger charge is -2.22. The van der Waals surface area contributed by atoms with Gasteiger partial charge in [0.2, 0.25) is 0 Å². The lowest BCUT2D eigenvalue weighted by atomic mass is 9.95. The predicted octanol–water partition coefficient (Wildman–Crippen LogP) is 3.35. The molecule has 0 unspecified atom stereocenters. The molecule has 0 radical (unpaired) electrons. The van der Waals surface area contributed by atoms with E-state index in [2.05, 4.69) is 5.32 Å². The molecule has 0 heterocycles. The number of nitrogens with one attached hydrogen (secondary N) is 1. The van der Waals surface area contributed by atoms with Crippen LogP contribution in [0.2, 0.25) is 5.02 Å². The topological polar surface area (TPSA) is 55.4 Å². The van der Waals surface area contributed by atoms with Crippen molar-refractivity contribution in [1.82, 2.24) is 5.32 Å². The molecule has 1 amide bonds. The molecule has 4 nitrogen and oxygen atoms in total. The van der Waals surface area contributed by atoms with Crippen LogP contribution in [0.25, 0.3) is 6.08 Å². The lowest BCUT2D eigenvalue weighted by Crippen LogP contribution is -2.38. The maximum absolute atomic E-state index is 11.7. The number of amides is 1. The summed E-state index contributed by atoms with van der Waals surface area (Å²) in [4.78, 5) is 23.3. The van der Waals surface area contributed by atoms with Crippen molar-refractivity contribution in [3.8, 4) is 0 Å². The third-order valence-corrected chi connectivity index (χ3v) is 3.81. The number of halogens is 1. The first-order valence-corrected chi connectivity index (χ1v) is 7.91. The van der Waals surface area contributed by atoms with E-state index < -0.39 is 5.97 Å². The Morgan fingerprint density at radius 1 is 1.27 bits per heavy atom. The van der Waals surface area contributed by atoms with Crippen molar-refractivity contribution in [2.45, 2.75) is 38.1 Å². The molecule has 1 aliphatic carbocycles. The Bertz CT molecular complexity index is 551. The highest BCUT2D eigenvalue weighted by Crippen LogP contribution is 2.17. The summed E-state index contributed by atoms with van der Waals surface area (Å²) in [5.41, 5.74) is 0.802. The Balaban J connectivity index is 1.71. The van der Waals surface area contributed by atoms with Gasteiger partial charge in [0.25, 0.3) is 5.91 Å². The zero-order valence-corrected chi connectivity index (χ0v) is 13.1. The molecule has 0 aromatic heterocycles. The van der Waals surface area contributed by atoms with Crippen LogP contribution < -0.4 is 5.32 Å². The third-order valence-electron chi connectivity index (χ3n) is 3.58. The summed E-state index contributed by atoms with van der Waals surface area (Å²) in [5, 5.41) is 3.50. The van der Waals surface area contributed by atoms with Gasteiger partial charge in [-0.25, -0.2) is 4.79 Å². The highest BCUT2D eigenvalue weighted by molar-refractivity contribution is 6.30. The Morgan fingerprint density at radius 2 is 2.05 bits per heavy atom. The second kappa shape index (κ2) is 8.59. The minimum atomic E-state index is -0.543. The van der Waals surface area contributed by atoms with Gasteiger partial charge in [0.05, 0.1) is 0 Å². The SMILES string of the molecule is O=C(COC(=O)/C=C/c1cccc(Cl)c1)NC1CCCCC1. The van der Waals surface area contributed by atoms with Crippen LogP contribution in [0.15, 0.2) is 30.3 Å². The van der Waals surface area contributed by atoms with Gasteiger partial charge in [-0.2, -0.15) is 0 Å². The van der Waals surface area contributed by atoms with Gasteiger partial charge in [-0.05, 0) is 36.6 Å². The molecule has 1 aromatic carbocycles. The van der Waals surface area contributed by atoms with Crippen molar-refractivity contribution in [2.75, 3.05) is 6.61 Å². The molecular formula is C17H20ClNO3. The van der Waals surface area contributed by atoms with Crippen LogP contribution in [0.3, 0.4) is 0 Å². The van der Waals surface area contributed by atoms with Gasteiger partial charge in [0, 0.05) is 17.1 Å². The van der Waals surface area contributed by atoms with Crippen LogP contribution in [0.4, 0.5) is 0 Å². The molecule has 5 heteroatoms. The van der Waals surface area contributed by atoms with Crippen molar-refractivity contribution in [3.63, 3.8) is 0 Å². The number of hydrogen-bond acceptors (Lipinski definition) is 3. The standard InChI is InChI=1S/C17H20ClNO3/c18-14-6-4-5-13(11-14)9-10-17(21)22-12-16(20)19-15-7-2-1-3-8-15/h4-6,9-11,15H,1-3,7-8,12H2,(H,19,20)/b10-9+. The average Bonchev–Trinajstić information content (AvgIpc) is 2.52. The molecule has 2 rings (SSSR count). The van der Waals surface area contributed by atoms with E-state index in [-0.39, 0.29) is 18.6 Å². The fourth-order valence-corrected chi connectivity index (χ4v) is 2.67. The first-order chi connectivity index (χ1) is 10.6. The third kappa shape index (κ3) is 5.90. The molecule has 0 saturated heterocycles. The largest absolute Gasteiger partial charge is 0.452 e. The van der Waals surface area contributed by atoms with Crippen LogP contribution in [0.1, 0.15) is 37.7 Å². The summed E-state index contributed by atoms with van der Waals surface area (Å²) in [7, 11) is 0. The van der Waals surface area contributed by atoms with E-state index in [1.165, 1.54) is 12.5 Å². The second-order valence-corrected chi connectivity index (χ2v) is 5.83. The van der Waals surface area contributed by atoms with Crippen LogP contribution in [-0.4, -0.2) is 24.5 Å². The monoisotopic (exact) mass is 321 g/mol. The highest BCUT2D eigenvalue weighted by Gasteiger charge is 2.16. The zero-order chi connectivity index (χ0) is 15.8. The molecule has 22 heavy (non-hydrogen) atoms. The molecule has 1 fully saturated rings. The number of carbonyl (C=O) groups is 2. The Labute approximate surface area is 135 Å². The van der Waals surface area contributed by atoms with Crippen LogP contribution in [-0.2, 0) is 14.3 Å². The van der Waals surface area contributed by atoms with Gasteiger partial charge < -0.3 is 10.1 Å². The number of esters is 1. The zero-order valence-electron chi connectivity index (χ0n) is 12.4. The van der Waals surface area contributed by atoms with E-state index in [0.717, 1.165) is 31.2 Å². The molecule has 0 spiro atoms. The van der Waals surface area contributed by atoms with Crippen LogP contribution in [0, 0.1) is 0 Å². The van der Waals surface area contributed by atoms with E-state index >= 15 is 0 Å². The van der Waals surface area contributed by atoms with Crippen molar-refractivity contribution in [3.05, 3.63) is 40.9 Å². The number of hydrogen-bond donors (Lipinski definition) is 1. The number of rotatable bonds is 5. The molecule has 1 saturated carbocycles. The molecule has 0 atom stereocenters. The van der Waals surface area contributed by atoms with Gasteiger partial charge in [0.15, 0.2) is 6.61 Å². The Morgan fingerprint density at radius 3 is 2.77 bits per heavy atom. The van der Waals surface area contributed by atoms with E-state index in [9.17, 15) is 9.59 Å². The summed E-state index contributed by atoms with van der Waals surface area (Å²) in [5.74, 6) is -0.782. The fraction of sp³-hybridized carbons (Fsp3) is 0.412. The van der Waals surface area contributed by atoms with Crippen molar-refractivity contribution in [2.24, 2.45) is 0 Å². The number of benzene rings is 1. The van der Waals surface area contributed by atoms with Crippen molar-refractivity contribution >= 4 is 29.6 Å². The summed E-state index contributed by atoms with van der Waals surface area (Å²) in [6, 6.07) is 7.34. The van der Waals surface area contributed by atoms with Gasteiger partial charge in [-0.15, -0.1) is 0 Å². The summed E-state index contributed by atoms with van der Waals surface area (Å²) in [6.07, 6.45) is 8.44. The lowest BCUT2D eigenvalue weighted by molar-refractivity contribution is -0.144. The summed E-state index contributed by atoms with van der Waals surface area (Å²) in [6.45, 7) is -0.241. The molecule has 1 aromatic rings. The quantitative estimate of drug-likeness (QED) is 0.668. The maximum atomic E-state index is 11.7. The minimum absolute atomic E-state index is 0.224. The first kappa shape index (κ1) is 16.6. The molecule has 0 bridgehead atoms. The normalized spacial score (nSPS) is 15.7. The van der Waals surface area contributed by atoms with Crippen LogP contribution in [0.5, 0.6) is 0 Å². The van der Waals surface area contributed by atoms with Gasteiger partial charge in [0.1, 0.15) is 0 Å². The highest BCUT2D eigenvalue weighted by atomic mass is 35.5. The van der Waals surface area contributed by atoms with Gasteiger partial charge in [-0.1, -0.05) is 43.0 Å². The smallest absolute Gasteiger partial charge is 0.331 e. The molecule has 0 aliphatic heterocycles. The van der Waals surface area contributed by atoms with E-state index in [4.69, 9.17) is 16.3 Å². The summed E-state index contributed by atoms with van der Waals surface area (Å²) < 4.78 is 4.93. The maximum Gasteiger partial charge on any atom is 0.331 e. The fourth-order valence-electron chi connectivity index (χ4n) is 2.48.